The van der Waals surface area contributed by atoms with E-state index >= 15 is 0 Å². The Bertz CT molecular complexity index is 1060. The van der Waals surface area contributed by atoms with Gasteiger partial charge in [-0.3, -0.25) is 14.4 Å². The molecule has 0 radical (unpaired) electrons. The van der Waals surface area contributed by atoms with E-state index in [9.17, 15) is 14.4 Å². The lowest BCUT2D eigenvalue weighted by atomic mass is 9.81. The maximum Gasteiger partial charge on any atom is 0.316 e. The SMILES string of the molecule is CCOC(=O)CSc1cnc(CC(=O)N2C[C@@]3(CCN(C(C)=O)C3)c3cc(Br)ccc32)s1. The monoisotopic (exact) mass is 537 g/mol. The smallest absolute Gasteiger partial charge is 0.316 e. The summed E-state index contributed by atoms with van der Waals surface area (Å²) in [5.74, 6) is 0.0270. The van der Waals surface area contributed by atoms with Crippen molar-refractivity contribution in [3.63, 3.8) is 0 Å². The molecule has 10 heteroatoms. The zero-order chi connectivity index (χ0) is 22.9. The van der Waals surface area contributed by atoms with E-state index in [0.29, 0.717) is 26.2 Å². The zero-order valence-electron chi connectivity index (χ0n) is 17.9. The van der Waals surface area contributed by atoms with Crippen LogP contribution in [0.3, 0.4) is 0 Å². The number of likely N-dealkylation sites (tertiary alicyclic amines) is 1. The van der Waals surface area contributed by atoms with Crippen molar-refractivity contribution in [1.82, 2.24) is 9.88 Å². The van der Waals surface area contributed by atoms with Gasteiger partial charge in [0.1, 0.15) is 5.01 Å². The van der Waals surface area contributed by atoms with Crippen LogP contribution in [-0.2, 0) is 31.0 Å². The molecular weight excluding hydrogens is 514 g/mol. The van der Waals surface area contributed by atoms with Gasteiger partial charge in [0.2, 0.25) is 11.8 Å². The van der Waals surface area contributed by atoms with Crippen LogP contribution >= 0.6 is 39.0 Å². The number of amides is 2. The highest BCUT2D eigenvalue weighted by Crippen LogP contribution is 2.47. The molecule has 0 N–H and O–H groups in total. The van der Waals surface area contributed by atoms with Crippen LogP contribution in [0.5, 0.6) is 0 Å². The number of carbonyl (C=O) groups is 3. The fourth-order valence-corrected chi connectivity index (χ4v) is 6.53. The summed E-state index contributed by atoms with van der Waals surface area (Å²) >= 11 is 6.36. The average Bonchev–Trinajstić information content (AvgIpc) is 3.46. The average molecular weight is 538 g/mol. The summed E-state index contributed by atoms with van der Waals surface area (Å²) < 4.78 is 6.80. The number of carbonyl (C=O) groups excluding carboxylic acids is 3. The van der Waals surface area contributed by atoms with Crippen molar-refractivity contribution in [2.75, 3.05) is 36.9 Å². The lowest BCUT2D eigenvalue weighted by Gasteiger charge is -2.25. The van der Waals surface area contributed by atoms with Gasteiger partial charge >= 0.3 is 5.97 Å². The van der Waals surface area contributed by atoms with Crippen molar-refractivity contribution in [2.45, 2.75) is 36.3 Å². The Morgan fingerprint density at radius 2 is 2.12 bits per heavy atom. The number of hydrogen-bond donors (Lipinski definition) is 0. The molecule has 170 valence electrons. The summed E-state index contributed by atoms with van der Waals surface area (Å²) in [5, 5.41) is 0.720. The predicted molar refractivity (Wildman–Crippen MR) is 128 cm³/mol. The molecule has 0 saturated carbocycles. The van der Waals surface area contributed by atoms with Gasteiger partial charge < -0.3 is 14.5 Å². The molecule has 3 heterocycles. The minimum absolute atomic E-state index is 0.0111. The number of esters is 1. The summed E-state index contributed by atoms with van der Waals surface area (Å²) in [5.41, 5.74) is 1.80. The van der Waals surface area contributed by atoms with Gasteiger partial charge in [-0.15, -0.1) is 23.1 Å². The quantitative estimate of drug-likeness (QED) is 0.413. The van der Waals surface area contributed by atoms with Crippen LogP contribution in [0.25, 0.3) is 0 Å². The third-order valence-electron chi connectivity index (χ3n) is 5.85. The first-order chi connectivity index (χ1) is 15.3. The highest BCUT2D eigenvalue weighted by atomic mass is 79.9. The molecule has 0 aliphatic carbocycles. The predicted octanol–water partition coefficient (Wildman–Crippen LogP) is 3.64. The molecule has 2 aromatic rings. The third-order valence-corrected chi connectivity index (χ3v) is 8.51. The number of ether oxygens (including phenoxy) is 1. The Balaban J connectivity index is 1.48. The van der Waals surface area contributed by atoms with E-state index in [4.69, 9.17) is 4.74 Å². The highest BCUT2D eigenvalue weighted by Gasteiger charge is 2.49. The first kappa shape index (κ1) is 23.3. The number of hydrogen-bond acceptors (Lipinski definition) is 7. The lowest BCUT2D eigenvalue weighted by molar-refractivity contribution is -0.139. The fourth-order valence-electron chi connectivity index (χ4n) is 4.35. The number of fused-ring (bicyclic) bond motifs is 2. The van der Waals surface area contributed by atoms with E-state index in [1.54, 1.807) is 20.0 Å². The van der Waals surface area contributed by atoms with Crippen LogP contribution in [-0.4, -0.2) is 59.7 Å². The Hall–Kier alpha value is -1.91. The molecule has 1 saturated heterocycles. The first-order valence-electron chi connectivity index (χ1n) is 10.4. The molecule has 1 aromatic heterocycles. The standard InChI is InChI=1S/C22H24BrN3O4S2/c1-3-30-20(29)11-31-21-10-24-18(32-21)9-19(28)26-13-22(6-7-25(12-22)14(2)27)16-8-15(23)4-5-17(16)26/h4-5,8,10H,3,6-7,9,11-13H2,1-2H3/t22-/m0/s1. The summed E-state index contributed by atoms with van der Waals surface area (Å²) in [6.45, 7) is 5.64. The second-order valence-corrected chi connectivity index (χ2v) is 11.3. The van der Waals surface area contributed by atoms with Crippen molar-refractivity contribution in [2.24, 2.45) is 0 Å². The second-order valence-electron chi connectivity index (χ2n) is 7.96. The molecule has 1 spiro atoms. The lowest BCUT2D eigenvalue weighted by Crippen LogP contribution is -2.40. The largest absolute Gasteiger partial charge is 0.465 e. The molecule has 0 unspecified atom stereocenters. The van der Waals surface area contributed by atoms with Gasteiger partial charge in [-0.2, -0.15) is 0 Å². The van der Waals surface area contributed by atoms with Crippen molar-refractivity contribution >= 4 is 62.5 Å². The molecular formula is C22H24BrN3O4S2. The van der Waals surface area contributed by atoms with Crippen molar-refractivity contribution in [1.29, 1.82) is 0 Å². The molecule has 2 aliphatic rings. The van der Waals surface area contributed by atoms with E-state index in [0.717, 1.165) is 31.4 Å². The fraction of sp³-hybridized carbons (Fsp3) is 0.455. The number of aromatic nitrogens is 1. The van der Waals surface area contributed by atoms with Crippen LogP contribution in [0.15, 0.2) is 33.1 Å². The Labute approximate surface area is 203 Å². The van der Waals surface area contributed by atoms with E-state index in [1.807, 2.05) is 21.9 Å². The number of thiazole rings is 1. The normalized spacial score (nSPS) is 19.5. The molecule has 2 amide bonds. The minimum atomic E-state index is -0.259. The van der Waals surface area contributed by atoms with Crippen LogP contribution in [0.4, 0.5) is 5.69 Å². The van der Waals surface area contributed by atoms with Gasteiger partial charge in [-0.05, 0) is 37.1 Å². The molecule has 1 fully saturated rings. The van der Waals surface area contributed by atoms with E-state index in [-0.39, 0.29) is 35.4 Å². The molecule has 1 aromatic carbocycles. The van der Waals surface area contributed by atoms with Crippen LogP contribution < -0.4 is 4.90 Å². The van der Waals surface area contributed by atoms with Crippen molar-refractivity contribution in [3.05, 3.63) is 39.4 Å². The maximum atomic E-state index is 13.3. The zero-order valence-corrected chi connectivity index (χ0v) is 21.1. The van der Waals surface area contributed by atoms with Gasteiger partial charge in [0.05, 0.1) is 29.2 Å². The Morgan fingerprint density at radius 1 is 1.31 bits per heavy atom. The van der Waals surface area contributed by atoms with E-state index < -0.39 is 0 Å². The number of benzene rings is 1. The highest BCUT2D eigenvalue weighted by molar-refractivity contribution is 9.10. The van der Waals surface area contributed by atoms with E-state index in [2.05, 4.69) is 27.0 Å². The molecule has 4 rings (SSSR count). The van der Waals surface area contributed by atoms with Crippen LogP contribution in [0.2, 0.25) is 0 Å². The van der Waals surface area contributed by atoms with Crippen molar-refractivity contribution < 1.29 is 19.1 Å². The maximum absolute atomic E-state index is 13.3. The van der Waals surface area contributed by atoms with Crippen LogP contribution in [0.1, 0.15) is 30.8 Å². The summed E-state index contributed by atoms with van der Waals surface area (Å²) in [6, 6.07) is 6.01. The second kappa shape index (κ2) is 9.52. The number of rotatable bonds is 6. The molecule has 0 bridgehead atoms. The number of anilines is 1. The third kappa shape index (κ3) is 4.72. The molecule has 7 nitrogen and oxygen atoms in total. The van der Waals surface area contributed by atoms with Gasteiger partial charge in [0, 0.05) is 42.1 Å². The Kier molecular flexibility index (Phi) is 6.92. The first-order valence-corrected chi connectivity index (χ1v) is 13.0. The van der Waals surface area contributed by atoms with Gasteiger partial charge in [0.15, 0.2) is 0 Å². The van der Waals surface area contributed by atoms with Gasteiger partial charge in [-0.25, -0.2) is 4.98 Å². The minimum Gasteiger partial charge on any atom is -0.465 e. The van der Waals surface area contributed by atoms with Crippen LogP contribution in [0, 0.1) is 0 Å². The molecule has 1 atom stereocenters. The number of thioether (sulfide) groups is 1. The topological polar surface area (TPSA) is 79.8 Å². The number of nitrogens with zero attached hydrogens (tertiary/aromatic N) is 3. The van der Waals surface area contributed by atoms with Gasteiger partial charge in [0.25, 0.3) is 0 Å². The Morgan fingerprint density at radius 3 is 2.84 bits per heavy atom. The summed E-state index contributed by atoms with van der Waals surface area (Å²) in [4.78, 5) is 44.9. The number of halogens is 1. The van der Waals surface area contributed by atoms with E-state index in [1.165, 1.54) is 23.1 Å². The summed E-state index contributed by atoms with van der Waals surface area (Å²) in [6.07, 6.45) is 2.74. The summed E-state index contributed by atoms with van der Waals surface area (Å²) in [7, 11) is 0. The van der Waals surface area contributed by atoms with Gasteiger partial charge in [-0.1, -0.05) is 15.9 Å². The molecule has 2 aliphatic heterocycles. The van der Waals surface area contributed by atoms with Crippen molar-refractivity contribution in [3.8, 4) is 0 Å². The molecule has 32 heavy (non-hydrogen) atoms.